The lowest BCUT2D eigenvalue weighted by Gasteiger charge is -2.20. The van der Waals surface area contributed by atoms with E-state index in [1.165, 1.54) is 6.07 Å². The normalized spacial score (nSPS) is 12.5. The highest BCUT2D eigenvalue weighted by Gasteiger charge is 2.20. The summed E-state index contributed by atoms with van der Waals surface area (Å²) in [5.74, 6) is -0.000579. The van der Waals surface area contributed by atoms with E-state index in [1.807, 2.05) is 32.9 Å². The predicted molar refractivity (Wildman–Crippen MR) is 77.8 cm³/mol. The minimum absolute atomic E-state index is 0.000579. The van der Waals surface area contributed by atoms with E-state index in [1.54, 1.807) is 18.2 Å². The largest absolute Gasteiger partial charge is 0.434 e. The van der Waals surface area contributed by atoms with Crippen LogP contribution >= 0.6 is 0 Å². The second-order valence-electron chi connectivity index (χ2n) is 5.13. The molecule has 0 fully saturated rings. The molecule has 2 aromatic rings. The van der Waals surface area contributed by atoms with E-state index in [9.17, 15) is 13.9 Å². The first kappa shape index (κ1) is 15.4. The zero-order valence-electron chi connectivity index (χ0n) is 12.2. The average Bonchev–Trinajstić information content (AvgIpc) is 2.37. The Morgan fingerprint density at radius 1 is 1.00 bits per heavy atom. The van der Waals surface area contributed by atoms with Crippen LogP contribution in [0.25, 0.3) is 0 Å². The molecule has 0 aliphatic carbocycles. The van der Waals surface area contributed by atoms with Crippen LogP contribution in [0, 0.1) is 20.8 Å². The summed E-state index contributed by atoms with van der Waals surface area (Å²) in [4.78, 5) is 0. The number of hydrogen-bond acceptors (Lipinski definition) is 2. The van der Waals surface area contributed by atoms with E-state index in [0.29, 0.717) is 5.56 Å². The van der Waals surface area contributed by atoms with Crippen LogP contribution in [0.3, 0.4) is 0 Å². The van der Waals surface area contributed by atoms with Crippen LogP contribution < -0.4 is 4.74 Å². The molecule has 0 aliphatic heterocycles. The number of alkyl halides is 2. The molecule has 2 aromatic carbocycles. The Balaban J connectivity index is 2.48. The molecule has 0 radical (unpaired) electrons. The van der Waals surface area contributed by atoms with Crippen molar-refractivity contribution >= 4 is 0 Å². The highest BCUT2D eigenvalue weighted by Crippen LogP contribution is 2.34. The Labute approximate surface area is 123 Å². The number of aryl methyl sites for hydroxylation is 3. The van der Waals surface area contributed by atoms with E-state index in [-0.39, 0.29) is 5.75 Å². The predicted octanol–water partition coefficient (Wildman–Crippen LogP) is 4.29. The molecule has 0 saturated carbocycles. The van der Waals surface area contributed by atoms with E-state index in [4.69, 9.17) is 0 Å². The van der Waals surface area contributed by atoms with Crippen molar-refractivity contribution in [3.63, 3.8) is 0 Å². The van der Waals surface area contributed by atoms with Crippen LogP contribution in [-0.2, 0) is 0 Å². The third-order valence-corrected chi connectivity index (χ3v) is 3.44. The van der Waals surface area contributed by atoms with Gasteiger partial charge in [0, 0.05) is 5.56 Å². The second kappa shape index (κ2) is 6.22. The zero-order valence-corrected chi connectivity index (χ0v) is 12.2. The molecule has 2 nitrogen and oxygen atoms in total. The van der Waals surface area contributed by atoms with E-state index in [0.717, 1.165) is 22.3 Å². The minimum atomic E-state index is -2.92. The standard InChI is InChI=1S/C17H18F2O2/c1-10-8-11(2)15(12(3)9-10)16(20)13-6-4-5-7-14(13)21-17(18)19/h4-9,16-17,20H,1-3H3. The van der Waals surface area contributed by atoms with Gasteiger partial charge in [-0.3, -0.25) is 0 Å². The molecule has 1 N–H and O–H groups in total. The van der Waals surface area contributed by atoms with Crippen molar-refractivity contribution < 1.29 is 18.6 Å². The van der Waals surface area contributed by atoms with Crippen LogP contribution in [0.15, 0.2) is 36.4 Å². The molecular formula is C17H18F2O2. The highest BCUT2D eigenvalue weighted by molar-refractivity contribution is 5.46. The molecule has 0 heterocycles. The number of benzene rings is 2. The van der Waals surface area contributed by atoms with Gasteiger partial charge in [-0.05, 0) is 43.5 Å². The Kier molecular flexibility index (Phi) is 4.58. The SMILES string of the molecule is Cc1cc(C)c(C(O)c2ccccc2OC(F)F)c(C)c1. The van der Waals surface area contributed by atoms with Gasteiger partial charge in [0.25, 0.3) is 0 Å². The molecule has 1 atom stereocenters. The summed E-state index contributed by atoms with van der Waals surface area (Å²) >= 11 is 0. The summed E-state index contributed by atoms with van der Waals surface area (Å²) in [6.45, 7) is 2.85. The summed E-state index contributed by atoms with van der Waals surface area (Å²) in [6, 6.07) is 10.2. The molecule has 1 unspecified atom stereocenters. The highest BCUT2D eigenvalue weighted by atomic mass is 19.3. The molecule has 0 spiro atoms. The lowest BCUT2D eigenvalue weighted by atomic mass is 9.91. The molecule has 0 aliphatic rings. The van der Waals surface area contributed by atoms with Crippen LogP contribution in [0.5, 0.6) is 5.75 Å². The second-order valence-corrected chi connectivity index (χ2v) is 5.13. The minimum Gasteiger partial charge on any atom is -0.434 e. The van der Waals surface area contributed by atoms with Crippen LogP contribution in [0.2, 0.25) is 0 Å². The fourth-order valence-corrected chi connectivity index (χ4v) is 2.69. The van der Waals surface area contributed by atoms with Crippen LogP contribution in [-0.4, -0.2) is 11.7 Å². The van der Waals surface area contributed by atoms with Gasteiger partial charge < -0.3 is 9.84 Å². The maximum Gasteiger partial charge on any atom is 0.387 e. The van der Waals surface area contributed by atoms with Crippen molar-refractivity contribution in [2.75, 3.05) is 0 Å². The van der Waals surface area contributed by atoms with E-state index in [2.05, 4.69) is 4.74 Å². The quantitative estimate of drug-likeness (QED) is 0.910. The van der Waals surface area contributed by atoms with E-state index < -0.39 is 12.7 Å². The van der Waals surface area contributed by atoms with Crippen molar-refractivity contribution in [2.24, 2.45) is 0 Å². The fourth-order valence-electron chi connectivity index (χ4n) is 2.69. The summed E-state index contributed by atoms with van der Waals surface area (Å²) in [5, 5.41) is 10.6. The third kappa shape index (κ3) is 3.39. The lowest BCUT2D eigenvalue weighted by molar-refractivity contribution is -0.0512. The molecule has 0 aromatic heterocycles. The summed E-state index contributed by atoms with van der Waals surface area (Å²) in [5.41, 5.74) is 4.01. The number of rotatable bonds is 4. The van der Waals surface area contributed by atoms with Gasteiger partial charge in [-0.15, -0.1) is 0 Å². The first-order chi connectivity index (χ1) is 9.90. The first-order valence-electron chi connectivity index (χ1n) is 6.69. The number of hydrogen-bond donors (Lipinski definition) is 1. The van der Waals surface area contributed by atoms with Gasteiger partial charge >= 0.3 is 6.61 Å². The number of halogens is 2. The fraction of sp³-hybridized carbons (Fsp3) is 0.294. The molecule has 0 bridgehead atoms. The molecule has 0 saturated heterocycles. The van der Waals surface area contributed by atoms with Crippen LogP contribution in [0.4, 0.5) is 8.78 Å². The Hall–Kier alpha value is -1.94. The molecular weight excluding hydrogens is 274 g/mol. The van der Waals surface area contributed by atoms with E-state index >= 15 is 0 Å². The van der Waals surface area contributed by atoms with Gasteiger partial charge in [0.15, 0.2) is 0 Å². The molecule has 112 valence electrons. The Morgan fingerprint density at radius 2 is 1.57 bits per heavy atom. The van der Waals surface area contributed by atoms with Gasteiger partial charge in [-0.25, -0.2) is 0 Å². The van der Waals surface area contributed by atoms with Gasteiger partial charge in [0.2, 0.25) is 0 Å². The molecule has 21 heavy (non-hydrogen) atoms. The monoisotopic (exact) mass is 292 g/mol. The van der Waals surface area contributed by atoms with Crippen molar-refractivity contribution in [3.8, 4) is 5.75 Å². The number of para-hydroxylation sites is 1. The Morgan fingerprint density at radius 3 is 2.14 bits per heavy atom. The van der Waals surface area contributed by atoms with Gasteiger partial charge in [-0.1, -0.05) is 35.9 Å². The number of ether oxygens (including phenoxy) is 1. The first-order valence-corrected chi connectivity index (χ1v) is 6.69. The summed E-state index contributed by atoms with van der Waals surface area (Å²) < 4.78 is 29.4. The number of aliphatic hydroxyl groups is 1. The van der Waals surface area contributed by atoms with Crippen molar-refractivity contribution in [1.82, 2.24) is 0 Å². The van der Waals surface area contributed by atoms with Crippen molar-refractivity contribution in [1.29, 1.82) is 0 Å². The van der Waals surface area contributed by atoms with Gasteiger partial charge in [0.05, 0.1) is 0 Å². The van der Waals surface area contributed by atoms with Gasteiger partial charge in [0.1, 0.15) is 11.9 Å². The molecule has 2 rings (SSSR count). The smallest absolute Gasteiger partial charge is 0.387 e. The average molecular weight is 292 g/mol. The molecule has 4 heteroatoms. The third-order valence-electron chi connectivity index (χ3n) is 3.44. The maximum atomic E-state index is 12.5. The van der Waals surface area contributed by atoms with Crippen molar-refractivity contribution in [2.45, 2.75) is 33.5 Å². The maximum absolute atomic E-state index is 12.5. The zero-order chi connectivity index (χ0) is 15.6. The Bertz CT molecular complexity index is 615. The van der Waals surface area contributed by atoms with Gasteiger partial charge in [-0.2, -0.15) is 8.78 Å². The summed E-state index contributed by atoms with van der Waals surface area (Å²) in [7, 11) is 0. The summed E-state index contributed by atoms with van der Waals surface area (Å²) in [6.07, 6.45) is -0.999. The lowest BCUT2D eigenvalue weighted by Crippen LogP contribution is -2.10. The van der Waals surface area contributed by atoms with Crippen molar-refractivity contribution in [3.05, 3.63) is 64.2 Å². The van der Waals surface area contributed by atoms with Crippen LogP contribution in [0.1, 0.15) is 33.9 Å². The topological polar surface area (TPSA) is 29.5 Å². The molecule has 0 amide bonds. The number of aliphatic hydroxyl groups excluding tert-OH is 1.